The first-order valence-electron chi connectivity index (χ1n) is 18.9. The number of ether oxygens (including phenoxy) is 1. The molecule has 1 saturated heterocycles. The van der Waals surface area contributed by atoms with Crippen LogP contribution in [0.15, 0.2) is 66.7 Å². The quantitative estimate of drug-likeness (QED) is 0.252. The molecule has 1 unspecified atom stereocenters. The van der Waals surface area contributed by atoms with Gasteiger partial charge in [-0.05, 0) is 69.7 Å². The molecule has 4 N–H and O–H groups in total. The Kier molecular flexibility index (Phi) is 10.7. The van der Waals surface area contributed by atoms with Gasteiger partial charge in [0.15, 0.2) is 11.5 Å². The lowest BCUT2D eigenvalue weighted by molar-refractivity contribution is -0.141. The third kappa shape index (κ3) is 8.18. The smallest absolute Gasteiger partial charge is 0.315 e. The minimum atomic E-state index is -1.03. The summed E-state index contributed by atoms with van der Waals surface area (Å²) in [5.41, 5.74) is 0.495. The Hall–Kier alpha value is -5.33. The zero-order valence-corrected chi connectivity index (χ0v) is 30.0. The second kappa shape index (κ2) is 15.7. The molecule has 278 valence electrons. The lowest BCUT2D eigenvalue weighted by atomic mass is 10.0. The molecule has 1 aromatic heterocycles. The fourth-order valence-corrected chi connectivity index (χ4v) is 7.88. The third-order valence-electron chi connectivity index (χ3n) is 10.9. The lowest BCUT2D eigenvalue weighted by Crippen LogP contribution is -2.57. The van der Waals surface area contributed by atoms with Crippen LogP contribution in [0.5, 0.6) is 5.88 Å². The number of ketones is 1. The fraction of sp³-hybridized carbons (Fsp3) is 0.475. The highest BCUT2D eigenvalue weighted by Gasteiger charge is 2.59. The molecule has 3 aromatic rings. The normalized spacial score (nSPS) is 27.0. The molecule has 4 aliphatic rings. The summed E-state index contributed by atoms with van der Waals surface area (Å²) >= 11 is 0. The molecule has 5 atom stereocenters. The number of benzene rings is 2. The number of amides is 5. The van der Waals surface area contributed by atoms with Crippen molar-refractivity contribution in [3.05, 3.63) is 72.4 Å². The van der Waals surface area contributed by atoms with Crippen molar-refractivity contribution in [2.45, 2.75) is 107 Å². The van der Waals surface area contributed by atoms with Gasteiger partial charge in [-0.25, -0.2) is 14.8 Å². The molecule has 13 nitrogen and oxygen atoms in total. The predicted octanol–water partition coefficient (Wildman–Crippen LogP) is 4.83. The van der Waals surface area contributed by atoms with E-state index < -0.39 is 47.5 Å². The van der Waals surface area contributed by atoms with Gasteiger partial charge in [-0.3, -0.25) is 19.2 Å². The molecule has 2 aliphatic heterocycles. The molecule has 2 aromatic carbocycles. The van der Waals surface area contributed by atoms with Crippen LogP contribution in [0.4, 0.5) is 10.5 Å². The second-order valence-electron chi connectivity index (χ2n) is 14.7. The van der Waals surface area contributed by atoms with Gasteiger partial charge in [-0.1, -0.05) is 68.2 Å². The standard InChI is InChI=1S/C40H47N7O6/c1-25(48)40-23-26(40)14-6-3-2-4-9-21-32(45-39(52)42-28-17-10-11-18-28)38(51)47-24-29(22-33(47)35(49)46-40)53-37-34(36(50)41-27-15-7-5-8-16-27)43-30-19-12-13-20-31(30)44-37/h5-8,12-16,19-20,26,28-29,32-33H,2-4,9-11,17-18,21-24H2,1H3,(H,41,50)(H,46,49)(H2,42,45,52)/b14-6-/t26-,29?,32+,33+,40+/m1/s1. The molecule has 53 heavy (non-hydrogen) atoms. The highest BCUT2D eigenvalue weighted by Crippen LogP contribution is 2.46. The maximum absolute atomic E-state index is 14.5. The van der Waals surface area contributed by atoms with Crippen LogP contribution in [0, 0.1) is 5.92 Å². The molecular formula is C40H47N7O6. The Bertz CT molecular complexity index is 1900. The van der Waals surface area contributed by atoms with Crippen molar-refractivity contribution in [3.63, 3.8) is 0 Å². The first-order valence-corrected chi connectivity index (χ1v) is 18.9. The minimum Gasteiger partial charge on any atom is -0.471 e. The number of urea groups is 1. The van der Waals surface area contributed by atoms with Crippen LogP contribution in [0.3, 0.4) is 0 Å². The number of nitrogens with one attached hydrogen (secondary N) is 4. The van der Waals surface area contributed by atoms with E-state index in [9.17, 15) is 24.0 Å². The number of nitrogens with zero attached hydrogens (tertiary/aromatic N) is 3. The van der Waals surface area contributed by atoms with E-state index in [1.54, 1.807) is 48.5 Å². The summed E-state index contributed by atoms with van der Waals surface area (Å²) < 4.78 is 6.44. The number of anilines is 1. The maximum Gasteiger partial charge on any atom is 0.315 e. The third-order valence-corrected chi connectivity index (χ3v) is 10.9. The van der Waals surface area contributed by atoms with Crippen molar-refractivity contribution < 1.29 is 28.7 Å². The van der Waals surface area contributed by atoms with E-state index in [0.717, 1.165) is 44.9 Å². The number of Topliss-reactive ketones (excluding diaryl/α,β-unsaturated/α-hetero) is 1. The molecule has 0 spiro atoms. The second-order valence-corrected chi connectivity index (χ2v) is 14.7. The van der Waals surface area contributed by atoms with Crippen molar-refractivity contribution in [1.82, 2.24) is 30.8 Å². The van der Waals surface area contributed by atoms with Crippen LogP contribution in [0.1, 0.15) is 88.0 Å². The topological polar surface area (TPSA) is 172 Å². The van der Waals surface area contributed by atoms with Crippen LogP contribution in [-0.2, 0) is 14.4 Å². The van der Waals surface area contributed by atoms with Crippen molar-refractivity contribution in [1.29, 1.82) is 0 Å². The van der Waals surface area contributed by atoms with Crippen LogP contribution in [0.25, 0.3) is 11.0 Å². The number of aromatic nitrogens is 2. The molecule has 0 radical (unpaired) electrons. The molecule has 0 bridgehead atoms. The van der Waals surface area contributed by atoms with Gasteiger partial charge in [0, 0.05) is 24.1 Å². The van der Waals surface area contributed by atoms with Gasteiger partial charge in [-0.2, -0.15) is 0 Å². The van der Waals surface area contributed by atoms with Gasteiger partial charge in [-0.15, -0.1) is 0 Å². The zero-order chi connectivity index (χ0) is 37.0. The highest BCUT2D eigenvalue weighted by molar-refractivity contribution is 6.05. The van der Waals surface area contributed by atoms with E-state index >= 15 is 0 Å². The van der Waals surface area contributed by atoms with Crippen LogP contribution in [0.2, 0.25) is 0 Å². The number of allylic oxidation sites excluding steroid dienone is 1. The summed E-state index contributed by atoms with van der Waals surface area (Å²) in [7, 11) is 0. The summed E-state index contributed by atoms with van der Waals surface area (Å²) in [4.78, 5) is 79.2. The van der Waals surface area contributed by atoms with E-state index in [0.29, 0.717) is 36.0 Å². The van der Waals surface area contributed by atoms with E-state index in [4.69, 9.17) is 4.74 Å². The number of hydrogen-bond acceptors (Lipinski definition) is 8. The maximum atomic E-state index is 14.5. The van der Waals surface area contributed by atoms with Gasteiger partial charge in [0.25, 0.3) is 5.91 Å². The zero-order valence-electron chi connectivity index (χ0n) is 30.0. The summed E-state index contributed by atoms with van der Waals surface area (Å²) in [6.07, 6.45) is 11.4. The van der Waals surface area contributed by atoms with Crippen molar-refractivity contribution in [2.75, 3.05) is 11.9 Å². The number of hydrogen-bond donors (Lipinski definition) is 4. The van der Waals surface area contributed by atoms with Crippen molar-refractivity contribution >= 4 is 46.3 Å². The molecule has 3 heterocycles. The lowest BCUT2D eigenvalue weighted by Gasteiger charge is -2.30. The summed E-state index contributed by atoms with van der Waals surface area (Å²) in [6, 6.07) is 13.9. The molecule has 2 aliphatic carbocycles. The Labute approximate surface area is 308 Å². The number of rotatable bonds is 7. The van der Waals surface area contributed by atoms with E-state index in [2.05, 4.69) is 37.3 Å². The molecule has 7 rings (SSSR count). The molecule has 2 saturated carbocycles. The summed E-state index contributed by atoms with van der Waals surface area (Å²) in [6.45, 7) is 1.47. The molecule has 13 heteroatoms. The van der Waals surface area contributed by atoms with Gasteiger partial charge < -0.3 is 30.9 Å². The molecule has 5 amide bonds. The minimum absolute atomic E-state index is 0.00992. The monoisotopic (exact) mass is 721 g/mol. The van der Waals surface area contributed by atoms with Gasteiger partial charge >= 0.3 is 6.03 Å². The fourth-order valence-electron chi connectivity index (χ4n) is 7.88. The van der Waals surface area contributed by atoms with Gasteiger partial charge in [0.2, 0.25) is 17.7 Å². The number of para-hydroxylation sites is 3. The van der Waals surface area contributed by atoms with E-state index in [1.165, 1.54) is 11.8 Å². The first kappa shape index (κ1) is 36.0. The largest absolute Gasteiger partial charge is 0.471 e. The Morgan fingerprint density at radius 2 is 1.60 bits per heavy atom. The Balaban J connectivity index is 1.18. The van der Waals surface area contributed by atoms with Crippen LogP contribution in [-0.4, -0.2) is 80.7 Å². The Morgan fingerprint density at radius 3 is 2.36 bits per heavy atom. The van der Waals surface area contributed by atoms with Crippen LogP contribution >= 0.6 is 0 Å². The van der Waals surface area contributed by atoms with Crippen molar-refractivity contribution in [2.24, 2.45) is 5.92 Å². The average molecular weight is 722 g/mol. The summed E-state index contributed by atoms with van der Waals surface area (Å²) in [5, 5.41) is 11.8. The molecule has 3 fully saturated rings. The Morgan fingerprint density at radius 1 is 0.887 bits per heavy atom. The highest BCUT2D eigenvalue weighted by atomic mass is 16.5. The summed E-state index contributed by atoms with van der Waals surface area (Å²) in [5.74, 6) is -1.69. The first-order chi connectivity index (χ1) is 25.7. The number of carbonyl (C=O) groups excluding carboxylic acids is 5. The predicted molar refractivity (Wildman–Crippen MR) is 198 cm³/mol. The van der Waals surface area contributed by atoms with E-state index in [1.807, 2.05) is 12.1 Å². The van der Waals surface area contributed by atoms with Crippen LogP contribution < -0.4 is 26.0 Å². The average Bonchev–Trinajstić information content (AvgIpc) is 3.41. The van der Waals surface area contributed by atoms with E-state index in [-0.39, 0.29) is 42.3 Å². The van der Waals surface area contributed by atoms with Gasteiger partial charge in [0.05, 0.1) is 17.6 Å². The number of carbonyl (C=O) groups is 5. The van der Waals surface area contributed by atoms with Crippen molar-refractivity contribution in [3.8, 4) is 5.88 Å². The molecular weight excluding hydrogens is 674 g/mol. The number of fused-ring (bicyclic) bond motifs is 3. The van der Waals surface area contributed by atoms with Gasteiger partial charge in [0.1, 0.15) is 23.7 Å². The SMILES string of the molecule is CC(=O)[C@@]12C[C@H]1/C=C\CCCCC[C@H](NC(=O)NC1CCCC1)C(=O)N1CC(Oc3nc4ccccc4nc3C(=O)Nc3ccccc3)C[C@H]1C(=O)N2.